The number of fused-ring (bicyclic) bond motifs is 3. The van der Waals surface area contributed by atoms with Crippen LogP contribution in [0.1, 0.15) is 23.5 Å². The fraction of sp³-hybridized carbons (Fsp3) is 0.583. The van der Waals surface area contributed by atoms with Gasteiger partial charge in [0.25, 0.3) is 0 Å². The predicted octanol–water partition coefficient (Wildman–Crippen LogP) is 2.25. The second kappa shape index (κ2) is 27.0. The van der Waals surface area contributed by atoms with Crippen molar-refractivity contribution in [3.05, 3.63) is 59.7 Å². The summed E-state index contributed by atoms with van der Waals surface area (Å²) < 4.78 is 48.4. The Hall–Kier alpha value is -3.67. The number of alkyl carbamates (subject to hydrolysis) is 1. The van der Waals surface area contributed by atoms with Crippen molar-refractivity contribution >= 4 is 18.0 Å². The van der Waals surface area contributed by atoms with Crippen LogP contribution in [-0.4, -0.2) is 148 Å². The third-order valence-electron chi connectivity index (χ3n) is 7.34. The molecule has 0 heterocycles. The van der Waals surface area contributed by atoms with E-state index >= 15 is 0 Å². The minimum atomic E-state index is -1.13. The van der Waals surface area contributed by atoms with Crippen molar-refractivity contribution in [1.82, 2.24) is 10.6 Å². The molecule has 0 saturated carbocycles. The summed E-state index contributed by atoms with van der Waals surface area (Å²) in [5, 5.41) is 13.8. The zero-order valence-corrected chi connectivity index (χ0v) is 29.2. The maximum Gasteiger partial charge on any atom is 0.407 e. The summed E-state index contributed by atoms with van der Waals surface area (Å²) >= 11 is 0. The molecule has 0 aliphatic heterocycles. The zero-order valence-electron chi connectivity index (χ0n) is 29.2. The molecule has 3 N–H and O–H groups in total. The first-order chi connectivity index (χ1) is 25.1. The zero-order chi connectivity index (χ0) is 36.2. The van der Waals surface area contributed by atoms with Gasteiger partial charge in [-0.15, -0.1) is 0 Å². The van der Waals surface area contributed by atoms with Crippen molar-refractivity contribution in [3.8, 4) is 11.1 Å². The highest BCUT2D eigenvalue weighted by molar-refractivity contribution is 5.79. The van der Waals surface area contributed by atoms with Crippen LogP contribution in [0.5, 0.6) is 0 Å². The Balaban J connectivity index is 0.979. The van der Waals surface area contributed by atoms with Crippen LogP contribution in [0.3, 0.4) is 0 Å². The average Bonchev–Trinajstić information content (AvgIpc) is 3.45. The number of carbonyl (C=O) groups is 3. The summed E-state index contributed by atoms with van der Waals surface area (Å²) in [6, 6.07) is 16.5. The number of ether oxygens (including phenoxy) is 9. The molecule has 0 unspecified atom stereocenters. The molecule has 0 fully saturated rings. The topological polar surface area (TPSA) is 179 Å². The highest BCUT2D eigenvalue weighted by Crippen LogP contribution is 2.44. The molecule has 0 spiro atoms. The third-order valence-corrected chi connectivity index (χ3v) is 7.34. The van der Waals surface area contributed by atoms with Crippen LogP contribution in [0, 0.1) is 0 Å². The monoisotopic (exact) mass is 720 g/mol. The Labute approximate surface area is 299 Å². The van der Waals surface area contributed by atoms with E-state index in [1.54, 1.807) is 0 Å². The Bertz CT molecular complexity index is 1220. The number of carboxylic acid groups (broad SMARTS) is 1. The number of carboxylic acids is 1. The molecular formula is C36H52N2O13. The Morgan fingerprint density at radius 1 is 0.529 bits per heavy atom. The Morgan fingerprint density at radius 3 is 1.47 bits per heavy atom. The summed E-state index contributed by atoms with van der Waals surface area (Å²) in [5.74, 6) is -1.49. The van der Waals surface area contributed by atoms with E-state index in [0.717, 1.165) is 0 Å². The molecule has 3 rings (SSSR count). The second-order valence-corrected chi connectivity index (χ2v) is 11.1. The van der Waals surface area contributed by atoms with Gasteiger partial charge in [-0.3, -0.25) is 4.79 Å². The fourth-order valence-electron chi connectivity index (χ4n) is 4.98. The van der Waals surface area contributed by atoms with Crippen molar-refractivity contribution < 1.29 is 62.1 Å². The fourth-order valence-corrected chi connectivity index (χ4v) is 4.98. The molecule has 0 saturated heterocycles. The molecule has 0 aromatic heterocycles. The number of carbonyl (C=O) groups excluding carboxylic acids is 2. The molecule has 0 bridgehead atoms. The van der Waals surface area contributed by atoms with Crippen molar-refractivity contribution in [1.29, 1.82) is 0 Å². The van der Waals surface area contributed by atoms with E-state index < -0.39 is 24.6 Å². The van der Waals surface area contributed by atoms with Gasteiger partial charge in [-0.25, -0.2) is 9.59 Å². The van der Waals surface area contributed by atoms with Gasteiger partial charge in [0, 0.05) is 25.6 Å². The predicted molar refractivity (Wildman–Crippen MR) is 185 cm³/mol. The normalized spacial score (nSPS) is 12.0. The van der Waals surface area contributed by atoms with Crippen molar-refractivity contribution in [2.24, 2.45) is 0 Å². The Kier molecular flexibility index (Phi) is 22.1. The third kappa shape index (κ3) is 18.4. The molecule has 1 aliphatic rings. The van der Waals surface area contributed by atoms with Gasteiger partial charge in [-0.05, 0) is 28.7 Å². The number of amides is 2. The lowest BCUT2D eigenvalue weighted by Gasteiger charge is -2.14. The molecule has 0 atom stereocenters. The lowest BCUT2D eigenvalue weighted by molar-refractivity contribution is -0.143. The van der Waals surface area contributed by atoms with Crippen LogP contribution in [0.15, 0.2) is 48.5 Å². The lowest BCUT2D eigenvalue weighted by atomic mass is 9.98. The van der Waals surface area contributed by atoms with Crippen LogP contribution in [0.2, 0.25) is 0 Å². The lowest BCUT2D eigenvalue weighted by Crippen LogP contribution is -2.31. The van der Waals surface area contributed by atoms with E-state index in [9.17, 15) is 14.4 Å². The SMILES string of the molecule is O=C(O)COCC(=O)NCCOCCOCCOCCOCCOCCOCCOCCCNC(=O)OCC1c2ccccc2-c2ccccc21. The molecule has 2 aromatic rings. The van der Waals surface area contributed by atoms with E-state index in [0.29, 0.717) is 119 Å². The molecule has 0 radical (unpaired) electrons. The van der Waals surface area contributed by atoms with Crippen LogP contribution in [-0.2, 0) is 52.2 Å². The molecule has 2 amide bonds. The van der Waals surface area contributed by atoms with Crippen LogP contribution < -0.4 is 10.6 Å². The minimum Gasteiger partial charge on any atom is -0.480 e. The van der Waals surface area contributed by atoms with Crippen LogP contribution in [0.4, 0.5) is 4.79 Å². The maximum atomic E-state index is 12.2. The summed E-state index contributed by atoms with van der Waals surface area (Å²) in [5.41, 5.74) is 4.77. The number of hydrogen-bond acceptors (Lipinski definition) is 12. The largest absolute Gasteiger partial charge is 0.480 e. The first kappa shape index (κ1) is 41.7. The first-order valence-electron chi connectivity index (χ1n) is 17.3. The Morgan fingerprint density at radius 2 is 0.980 bits per heavy atom. The second-order valence-electron chi connectivity index (χ2n) is 11.1. The quantitative estimate of drug-likeness (QED) is 0.0968. The summed E-state index contributed by atoms with van der Waals surface area (Å²) in [4.78, 5) is 33.9. The van der Waals surface area contributed by atoms with Gasteiger partial charge in [-0.2, -0.15) is 0 Å². The first-order valence-corrected chi connectivity index (χ1v) is 17.3. The summed E-state index contributed by atoms with van der Waals surface area (Å²) in [7, 11) is 0. The molecule has 1 aliphatic carbocycles. The number of nitrogens with one attached hydrogen (secondary N) is 2. The number of hydrogen-bond donors (Lipinski definition) is 3. The molecule has 2 aromatic carbocycles. The van der Waals surface area contributed by atoms with Gasteiger partial charge < -0.3 is 58.4 Å². The van der Waals surface area contributed by atoms with Crippen molar-refractivity contribution in [2.75, 3.05) is 125 Å². The number of rotatable bonds is 31. The van der Waals surface area contributed by atoms with Gasteiger partial charge in [0.05, 0.1) is 85.9 Å². The van der Waals surface area contributed by atoms with E-state index in [1.165, 1.54) is 22.3 Å². The van der Waals surface area contributed by atoms with Crippen molar-refractivity contribution in [3.63, 3.8) is 0 Å². The van der Waals surface area contributed by atoms with Crippen molar-refractivity contribution in [2.45, 2.75) is 12.3 Å². The van der Waals surface area contributed by atoms with E-state index in [4.69, 9.17) is 43.0 Å². The van der Waals surface area contributed by atoms with E-state index in [2.05, 4.69) is 39.6 Å². The molecule has 15 heteroatoms. The van der Waals surface area contributed by atoms with E-state index in [-0.39, 0.29) is 12.5 Å². The highest BCUT2D eigenvalue weighted by Gasteiger charge is 2.28. The van der Waals surface area contributed by atoms with Crippen LogP contribution in [0.25, 0.3) is 11.1 Å². The average molecular weight is 721 g/mol. The van der Waals surface area contributed by atoms with Gasteiger partial charge in [-0.1, -0.05) is 48.5 Å². The molecule has 15 nitrogen and oxygen atoms in total. The van der Waals surface area contributed by atoms with Gasteiger partial charge in [0.1, 0.15) is 19.8 Å². The van der Waals surface area contributed by atoms with Crippen LogP contribution >= 0.6 is 0 Å². The summed E-state index contributed by atoms with van der Waals surface area (Å²) in [6.45, 7) is 6.36. The van der Waals surface area contributed by atoms with Gasteiger partial charge in [0.2, 0.25) is 5.91 Å². The maximum absolute atomic E-state index is 12.2. The van der Waals surface area contributed by atoms with Gasteiger partial charge >= 0.3 is 12.1 Å². The summed E-state index contributed by atoms with van der Waals surface area (Å²) in [6.07, 6.45) is 0.246. The minimum absolute atomic E-state index is 0.0412. The smallest absolute Gasteiger partial charge is 0.407 e. The molecule has 284 valence electrons. The number of aliphatic carboxylic acids is 1. The van der Waals surface area contributed by atoms with Gasteiger partial charge in [0.15, 0.2) is 0 Å². The molecule has 51 heavy (non-hydrogen) atoms. The highest BCUT2D eigenvalue weighted by atomic mass is 16.6. The number of benzene rings is 2. The molecular weight excluding hydrogens is 668 g/mol. The van der Waals surface area contributed by atoms with E-state index in [1.807, 2.05) is 24.3 Å². The standard InChI is InChI=1S/C36H52N2O13/c39-34(27-50-28-35(40)41)37-11-13-44-15-17-46-19-21-48-23-25-49-24-22-47-20-18-45-16-14-43-12-5-10-38-36(42)51-26-33-31-8-3-1-6-29(31)30-7-2-4-9-32(30)33/h1-4,6-9,33H,5,10-28H2,(H,37,39)(H,38,42)(H,40,41).